The first-order valence-electron chi connectivity index (χ1n) is 19.9. The number of benzene rings is 2. The Bertz CT molecular complexity index is 2620. The molecule has 4 N–H and O–H groups in total. The van der Waals surface area contributed by atoms with Crippen LogP contribution in [0.25, 0.3) is 9.69 Å². The smallest absolute Gasteiger partial charge is 0.291 e. The zero-order valence-corrected chi connectivity index (χ0v) is 33.5. The molecule has 0 saturated heterocycles. The fourth-order valence-corrected chi connectivity index (χ4v) is 8.31. The molecule has 0 bridgehead atoms. The summed E-state index contributed by atoms with van der Waals surface area (Å²) < 4.78 is 0. The molecule has 6 aromatic rings. The van der Waals surface area contributed by atoms with Gasteiger partial charge in [0.05, 0.1) is 13.1 Å². The first-order valence-corrected chi connectivity index (χ1v) is 19.9. The normalized spacial score (nSPS) is 21.5. The van der Waals surface area contributed by atoms with E-state index >= 15 is 0 Å². The third-order valence-corrected chi connectivity index (χ3v) is 11.7. The topological polar surface area (TPSA) is 216 Å². The van der Waals surface area contributed by atoms with E-state index in [4.69, 9.17) is 13.1 Å². The quantitative estimate of drug-likeness (QED) is 0.158. The van der Waals surface area contributed by atoms with Gasteiger partial charge in [-0.3, -0.25) is 49.1 Å². The number of amides is 4. The van der Waals surface area contributed by atoms with Crippen LogP contribution in [0.3, 0.4) is 0 Å². The zero-order chi connectivity index (χ0) is 43.1. The molecule has 308 valence electrons. The van der Waals surface area contributed by atoms with Crippen LogP contribution in [0.4, 0.5) is 23.0 Å². The Morgan fingerprint density at radius 1 is 0.677 bits per heavy atom. The third-order valence-electron chi connectivity index (χ3n) is 11.7. The highest BCUT2D eigenvalue weighted by Crippen LogP contribution is 2.55. The van der Waals surface area contributed by atoms with E-state index in [1.54, 1.807) is 26.2 Å². The van der Waals surface area contributed by atoms with Gasteiger partial charge < -0.3 is 10.6 Å². The van der Waals surface area contributed by atoms with E-state index in [-0.39, 0.29) is 47.1 Å². The maximum atomic E-state index is 13.1. The van der Waals surface area contributed by atoms with Crippen LogP contribution in [0.5, 0.6) is 0 Å². The van der Waals surface area contributed by atoms with E-state index in [0.29, 0.717) is 47.5 Å². The number of hydrogen-bond donors (Lipinski definition) is 4. The van der Waals surface area contributed by atoms with Crippen molar-refractivity contribution < 1.29 is 19.2 Å². The van der Waals surface area contributed by atoms with Gasteiger partial charge in [0.15, 0.2) is 0 Å². The first-order chi connectivity index (χ1) is 30.1. The summed E-state index contributed by atoms with van der Waals surface area (Å²) in [5, 5.41) is 19.3. The lowest BCUT2D eigenvalue weighted by molar-refractivity contribution is -0.121. The molecule has 10 rings (SSSR count). The van der Waals surface area contributed by atoms with Crippen molar-refractivity contribution in [2.24, 2.45) is 11.8 Å². The van der Waals surface area contributed by atoms with Crippen LogP contribution in [0.2, 0.25) is 0 Å². The van der Waals surface area contributed by atoms with Crippen molar-refractivity contribution in [3.8, 4) is 0 Å². The fraction of sp³-hybridized carbons (Fsp3) is 0.273. The molecular weight excluding hydrogens is 789 g/mol. The molecule has 2 saturated carbocycles. The number of nitrogens with zero attached hydrogens (tertiary/aromatic N) is 10. The molecular formula is C44H38N14O4. The van der Waals surface area contributed by atoms with E-state index in [0.717, 1.165) is 35.1 Å². The number of aromatic nitrogens is 8. The number of pyridine rings is 2. The molecule has 18 heteroatoms. The predicted molar refractivity (Wildman–Crippen MR) is 223 cm³/mol. The largest absolute Gasteiger partial charge is 0.337 e. The summed E-state index contributed by atoms with van der Waals surface area (Å²) in [6.07, 6.45) is 5.51. The molecule has 2 fully saturated rings. The number of H-pyrrole nitrogens is 2. The molecule has 4 aliphatic rings. The van der Waals surface area contributed by atoms with Gasteiger partial charge in [0.25, 0.3) is 23.6 Å². The second-order valence-corrected chi connectivity index (χ2v) is 15.7. The SMILES string of the molecule is [C-]#[N+]c1cnc2c(c1)[C@@H]1CC1[C@H](NC(=O)c1n[nH]c(Cc3ccccc3)n1)C(=O)N2C.[C-]#[N+]c1cnc2c(c1)[C@@H]1C[C@@H]1[C@H](NC(=O)c1n[nH]c(Cc3ccccc3)n1)C(=O)N2C. The summed E-state index contributed by atoms with van der Waals surface area (Å²) >= 11 is 0. The van der Waals surface area contributed by atoms with Gasteiger partial charge in [0, 0.05) is 39.3 Å². The lowest BCUT2D eigenvalue weighted by Gasteiger charge is -2.22. The standard InChI is InChI=1S/2C22H19N7O2/c2*1-23-13-9-16-14-10-15(14)18(22(31)29(2)20(16)24-11-13)26-21(30)19-25-17(27-28-19)8-12-6-4-3-5-7-12/h2*3-7,9,11,14-15,18H,8,10H2,2H3,(H,26,30)(H,25,27,28)/t14-,15?,18+;14-,15+,18+/m11/s1. The monoisotopic (exact) mass is 826 g/mol. The molecule has 62 heavy (non-hydrogen) atoms. The number of aromatic amines is 2. The lowest BCUT2D eigenvalue weighted by atomic mass is 10.1. The zero-order valence-electron chi connectivity index (χ0n) is 33.5. The fourth-order valence-electron chi connectivity index (χ4n) is 8.31. The summed E-state index contributed by atoms with van der Waals surface area (Å²) in [5.41, 5.74) is 4.76. The highest BCUT2D eigenvalue weighted by atomic mass is 16.2. The van der Waals surface area contributed by atoms with Crippen molar-refractivity contribution in [1.82, 2.24) is 51.0 Å². The van der Waals surface area contributed by atoms with E-state index in [2.05, 4.69) is 60.7 Å². The summed E-state index contributed by atoms with van der Waals surface area (Å²) in [7, 11) is 3.28. The third kappa shape index (κ3) is 7.72. The molecule has 6 atom stereocenters. The molecule has 4 amide bonds. The van der Waals surface area contributed by atoms with Gasteiger partial charge >= 0.3 is 0 Å². The number of carbonyl (C=O) groups is 4. The number of anilines is 2. The molecule has 2 aliphatic carbocycles. The number of nitrogens with one attached hydrogen (secondary N) is 4. The molecule has 18 nitrogen and oxygen atoms in total. The minimum absolute atomic E-state index is 0.00811. The highest BCUT2D eigenvalue weighted by molar-refractivity contribution is 6.03. The summed E-state index contributed by atoms with van der Waals surface area (Å²) in [6.45, 7) is 14.4. The van der Waals surface area contributed by atoms with Gasteiger partial charge in [-0.05, 0) is 70.9 Å². The molecule has 1 unspecified atom stereocenters. The van der Waals surface area contributed by atoms with Crippen LogP contribution in [0.1, 0.15) is 79.8 Å². The van der Waals surface area contributed by atoms with E-state index in [9.17, 15) is 19.2 Å². The van der Waals surface area contributed by atoms with Crippen molar-refractivity contribution >= 4 is 46.6 Å². The number of carbonyl (C=O) groups excluding carboxylic acids is 4. The Hall–Kier alpha value is -8.12. The number of rotatable bonds is 8. The average Bonchev–Trinajstić information content (AvgIpc) is 4.18. The minimum atomic E-state index is -0.691. The van der Waals surface area contributed by atoms with Crippen LogP contribution in [0, 0.1) is 25.0 Å². The Morgan fingerprint density at radius 3 is 1.47 bits per heavy atom. The number of fused-ring (bicyclic) bond motifs is 6. The summed E-state index contributed by atoms with van der Waals surface area (Å²) in [4.78, 5) is 78.8. The van der Waals surface area contributed by atoms with E-state index in [1.807, 2.05) is 60.7 Å². The van der Waals surface area contributed by atoms with Crippen LogP contribution >= 0.6 is 0 Å². The second kappa shape index (κ2) is 16.1. The molecule has 0 spiro atoms. The average molecular weight is 827 g/mol. The van der Waals surface area contributed by atoms with Crippen LogP contribution < -0.4 is 20.4 Å². The van der Waals surface area contributed by atoms with Crippen molar-refractivity contribution in [2.75, 3.05) is 23.9 Å². The summed E-state index contributed by atoms with van der Waals surface area (Å²) in [5.74, 6) is 0.913. The van der Waals surface area contributed by atoms with Crippen molar-refractivity contribution in [2.45, 2.75) is 49.6 Å². The van der Waals surface area contributed by atoms with Crippen LogP contribution in [-0.4, -0.2) is 90.1 Å². The van der Waals surface area contributed by atoms with Crippen LogP contribution in [-0.2, 0) is 22.4 Å². The maximum Gasteiger partial charge on any atom is 0.291 e. The van der Waals surface area contributed by atoms with E-state index < -0.39 is 23.9 Å². The summed E-state index contributed by atoms with van der Waals surface area (Å²) in [6, 6.07) is 21.7. The van der Waals surface area contributed by atoms with Crippen molar-refractivity contribution in [3.63, 3.8) is 0 Å². The minimum Gasteiger partial charge on any atom is -0.337 e. The van der Waals surface area contributed by atoms with Crippen LogP contribution in [0.15, 0.2) is 85.2 Å². The Labute approximate surface area is 354 Å². The lowest BCUT2D eigenvalue weighted by Crippen LogP contribution is -2.48. The Kier molecular flexibility index (Phi) is 10.2. The van der Waals surface area contributed by atoms with Crippen molar-refractivity contribution in [3.05, 3.63) is 154 Å². The van der Waals surface area contributed by atoms with Gasteiger partial charge in [-0.2, -0.15) is 0 Å². The second-order valence-electron chi connectivity index (χ2n) is 15.7. The van der Waals surface area contributed by atoms with Gasteiger partial charge in [-0.15, -0.1) is 10.2 Å². The number of likely N-dealkylation sites (N-methyl/N-ethyl adjacent to an activating group) is 2. The Morgan fingerprint density at radius 2 is 1.08 bits per heavy atom. The van der Waals surface area contributed by atoms with Gasteiger partial charge in [0.2, 0.25) is 23.0 Å². The molecule has 2 aliphatic heterocycles. The van der Waals surface area contributed by atoms with Gasteiger partial charge in [-0.25, -0.2) is 19.7 Å². The predicted octanol–water partition coefficient (Wildman–Crippen LogP) is 4.44. The molecule has 0 radical (unpaired) electrons. The maximum absolute atomic E-state index is 13.1. The molecule has 2 aromatic carbocycles. The first kappa shape index (κ1) is 39.3. The van der Waals surface area contributed by atoms with E-state index in [1.165, 1.54) is 22.2 Å². The van der Waals surface area contributed by atoms with Gasteiger partial charge in [0.1, 0.15) is 35.4 Å². The molecule has 6 heterocycles. The Balaban J connectivity index is 0.000000158. The van der Waals surface area contributed by atoms with Gasteiger partial charge in [-0.1, -0.05) is 60.7 Å². The van der Waals surface area contributed by atoms with Crippen molar-refractivity contribution in [1.29, 1.82) is 0 Å². The highest BCUT2D eigenvalue weighted by Gasteiger charge is 2.53. The number of hydrogen-bond acceptors (Lipinski definition) is 10. The molecule has 4 aromatic heterocycles.